The molecule has 3 aromatic carbocycles. The number of carbonyl (C=O) groups is 1. The monoisotopic (exact) mass is 421 g/mol. The molecule has 1 fully saturated rings. The Balaban J connectivity index is 1.69. The minimum Gasteiger partial charge on any atom is -0.493 e. The van der Waals surface area contributed by atoms with Gasteiger partial charge in [0.05, 0.1) is 12.0 Å². The molecule has 1 aliphatic rings. The second-order valence-electron chi connectivity index (χ2n) is 8.11. The van der Waals surface area contributed by atoms with Crippen molar-refractivity contribution in [2.24, 2.45) is 0 Å². The van der Waals surface area contributed by atoms with E-state index in [9.17, 15) is 4.79 Å². The minimum atomic E-state index is -0.513. The maximum atomic E-state index is 13.7. The first-order chi connectivity index (χ1) is 14.6. The van der Waals surface area contributed by atoms with Gasteiger partial charge in [-0.25, -0.2) is 0 Å². The fourth-order valence-electron chi connectivity index (χ4n) is 4.53. The van der Waals surface area contributed by atoms with Crippen molar-refractivity contribution >= 4 is 34.0 Å². The third-order valence-electron chi connectivity index (χ3n) is 6.13. The van der Waals surface area contributed by atoms with E-state index in [1.54, 1.807) is 0 Å². The van der Waals surface area contributed by atoms with Gasteiger partial charge in [-0.2, -0.15) is 0 Å². The van der Waals surface area contributed by atoms with Crippen LogP contribution in [-0.2, 0) is 10.2 Å². The second kappa shape index (κ2) is 9.09. The average molecular weight is 422 g/mol. The standard InChI is InChI=1S/C26H28ClNO2/c1-2-18-30-24-15-14-23(21-8-4-5-9-22(21)24)28-25(29)26(16-6-3-7-17-26)19-10-12-20(27)13-11-19/h4-5,8-15H,2-3,6-7,16-18H2,1H3,(H,28,29). The summed E-state index contributed by atoms with van der Waals surface area (Å²) in [4.78, 5) is 13.7. The SMILES string of the molecule is CCCOc1ccc(NC(=O)C2(c3ccc(Cl)cc3)CCCCC2)c2ccccc12. The molecule has 30 heavy (non-hydrogen) atoms. The third-order valence-corrected chi connectivity index (χ3v) is 6.38. The number of benzene rings is 3. The molecule has 0 atom stereocenters. The lowest BCUT2D eigenvalue weighted by Crippen LogP contribution is -2.42. The molecule has 0 aliphatic heterocycles. The number of amides is 1. The summed E-state index contributed by atoms with van der Waals surface area (Å²) in [6.07, 6.45) is 5.96. The van der Waals surface area contributed by atoms with Gasteiger partial charge < -0.3 is 10.1 Å². The maximum Gasteiger partial charge on any atom is 0.235 e. The number of ether oxygens (including phenoxy) is 1. The third kappa shape index (κ3) is 4.04. The van der Waals surface area contributed by atoms with E-state index in [1.165, 1.54) is 6.42 Å². The Kier molecular flexibility index (Phi) is 6.29. The van der Waals surface area contributed by atoms with Crippen molar-refractivity contribution in [1.29, 1.82) is 0 Å². The van der Waals surface area contributed by atoms with Gasteiger partial charge in [0.25, 0.3) is 0 Å². The fraction of sp³-hybridized carbons (Fsp3) is 0.346. The van der Waals surface area contributed by atoms with Gasteiger partial charge in [0.1, 0.15) is 5.75 Å². The van der Waals surface area contributed by atoms with E-state index >= 15 is 0 Å². The molecule has 0 bridgehead atoms. The Morgan fingerprint density at radius 1 is 0.967 bits per heavy atom. The van der Waals surface area contributed by atoms with Gasteiger partial charge in [-0.1, -0.05) is 74.2 Å². The summed E-state index contributed by atoms with van der Waals surface area (Å²) in [5, 5.41) is 5.98. The van der Waals surface area contributed by atoms with Crippen LogP contribution in [0.1, 0.15) is 51.0 Å². The highest BCUT2D eigenvalue weighted by atomic mass is 35.5. The van der Waals surface area contributed by atoms with Crippen molar-refractivity contribution in [2.45, 2.75) is 50.9 Å². The van der Waals surface area contributed by atoms with E-state index in [4.69, 9.17) is 16.3 Å². The Hall–Kier alpha value is -2.52. The van der Waals surface area contributed by atoms with Crippen LogP contribution < -0.4 is 10.1 Å². The number of rotatable bonds is 6. The second-order valence-corrected chi connectivity index (χ2v) is 8.55. The zero-order chi connectivity index (χ0) is 21.0. The zero-order valence-electron chi connectivity index (χ0n) is 17.4. The van der Waals surface area contributed by atoms with Crippen molar-refractivity contribution in [2.75, 3.05) is 11.9 Å². The molecule has 3 aromatic rings. The Morgan fingerprint density at radius 2 is 1.67 bits per heavy atom. The maximum absolute atomic E-state index is 13.7. The number of halogens is 1. The highest BCUT2D eigenvalue weighted by molar-refractivity contribution is 6.30. The van der Waals surface area contributed by atoms with Crippen molar-refractivity contribution < 1.29 is 9.53 Å². The highest BCUT2D eigenvalue weighted by Gasteiger charge is 2.41. The van der Waals surface area contributed by atoms with Gasteiger partial charge in [0.2, 0.25) is 5.91 Å². The highest BCUT2D eigenvalue weighted by Crippen LogP contribution is 2.41. The van der Waals surface area contributed by atoms with Gasteiger partial charge in [-0.3, -0.25) is 4.79 Å². The van der Waals surface area contributed by atoms with Crippen LogP contribution in [0.2, 0.25) is 5.02 Å². The zero-order valence-corrected chi connectivity index (χ0v) is 18.2. The van der Waals surface area contributed by atoms with Crippen LogP contribution in [0, 0.1) is 0 Å². The fourth-order valence-corrected chi connectivity index (χ4v) is 4.66. The molecule has 1 aliphatic carbocycles. The molecule has 4 rings (SSSR count). The number of fused-ring (bicyclic) bond motifs is 1. The lowest BCUT2D eigenvalue weighted by atomic mass is 9.68. The number of hydrogen-bond acceptors (Lipinski definition) is 2. The predicted octanol–water partition coefficient (Wildman–Crippen LogP) is 7.12. The molecule has 1 saturated carbocycles. The molecular formula is C26H28ClNO2. The van der Waals surface area contributed by atoms with E-state index in [2.05, 4.69) is 12.2 Å². The molecule has 0 heterocycles. The number of nitrogens with one attached hydrogen (secondary N) is 1. The summed E-state index contributed by atoms with van der Waals surface area (Å²) in [6.45, 7) is 2.77. The summed E-state index contributed by atoms with van der Waals surface area (Å²) in [5.41, 5.74) is 1.37. The lowest BCUT2D eigenvalue weighted by Gasteiger charge is -2.36. The molecule has 0 spiro atoms. The molecule has 0 aromatic heterocycles. The van der Waals surface area contributed by atoms with Crippen molar-refractivity contribution in [3.8, 4) is 5.75 Å². The van der Waals surface area contributed by atoms with Gasteiger partial charge in [0, 0.05) is 21.5 Å². The summed E-state index contributed by atoms with van der Waals surface area (Å²) in [6, 6.07) is 19.8. The number of hydrogen-bond donors (Lipinski definition) is 1. The van der Waals surface area contributed by atoms with Crippen LogP contribution in [0.25, 0.3) is 10.8 Å². The minimum absolute atomic E-state index is 0.0666. The molecule has 0 unspecified atom stereocenters. The van der Waals surface area contributed by atoms with Gasteiger partial charge in [-0.15, -0.1) is 0 Å². The molecule has 3 nitrogen and oxygen atoms in total. The molecule has 4 heteroatoms. The topological polar surface area (TPSA) is 38.3 Å². The Bertz CT molecular complexity index is 1020. The molecular weight excluding hydrogens is 394 g/mol. The first kappa shape index (κ1) is 20.7. The van der Waals surface area contributed by atoms with Crippen molar-refractivity contribution in [3.05, 3.63) is 71.2 Å². The van der Waals surface area contributed by atoms with Gasteiger partial charge in [-0.05, 0) is 49.1 Å². The van der Waals surface area contributed by atoms with Crippen LogP contribution in [0.5, 0.6) is 5.75 Å². The normalized spacial score (nSPS) is 15.7. The Morgan fingerprint density at radius 3 is 2.37 bits per heavy atom. The molecule has 1 N–H and O–H groups in total. The van der Waals surface area contributed by atoms with E-state index in [-0.39, 0.29) is 5.91 Å². The summed E-state index contributed by atoms with van der Waals surface area (Å²) >= 11 is 6.11. The smallest absolute Gasteiger partial charge is 0.235 e. The first-order valence-electron chi connectivity index (χ1n) is 10.9. The molecule has 1 amide bonds. The van der Waals surface area contributed by atoms with E-state index < -0.39 is 5.41 Å². The quantitative estimate of drug-likeness (QED) is 0.460. The van der Waals surface area contributed by atoms with Gasteiger partial charge in [0.15, 0.2) is 0 Å². The van der Waals surface area contributed by atoms with Crippen LogP contribution >= 0.6 is 11.6 Å². The van der Waals surface area contributed by atoms with Crippen LogP contribution in [0.3, 0.4) is 0 Å². The summed E-state index contributed by atoms with van der Waals surface area (Å²) < 4.78 is 5.92. The number of anilines is 1. The van der Waals surface area contributed by atoms with Crippen molar-refractivity contribution in [1.82, 2.24) is 0 Å². The Labute approximate surface area is 183 Å². The van der Waals surface area contributed by atoms with Crippen LogP contribution in [0.15, 0.2) is 60.7 Å². The summed E-state index contributed by atoms with van der Waals surface area (Å²) in [7, 11) is 0. The average Bonchev–Trinajstić information content (AvgIpc) is 2.79. The predicted molar refractivity (Wildman–Crippen MR) is 125 cm³/mol. The van der Waals surface area contributed by atoms with E-state index in [0.29, 0.717) is 11.6 Å². The molecule has 0 saturated heterocycles. The van der Waals surface area contributed by atoms with Gasteiger partial charge >= 0.3 is 0 Å². The molecule has 156 valence electrons. The lowest BCUT2D eigenvalue weighted by molar-refractivity contribution is -0.122. The first-order valence-corrected chi connectivity index (χ1v) is 11.2. The van der Waals surface area contributed by atoms with Crippen LogP contribution in [0.4, 0.5) is 5.69 Å². The van der Waals surface area contributed by atoms with E-state index in [1.807, 2.05) is 60.7 Å². The largest absolute Gasteiger partial charge is 0.493 e. The van der Waals surface area contributed by atoms with Crippen molar-refractivity contribution in [3.63, 3.8) is 0 Å². The van der Waals surface area contributed by atoms with E-state index in [0.717, 1.165) is 59.9 Å². The molecule has 0 radical (unpaired) electrons. The van der Waals surface area contributed by atoms with Crippen LogP contribution in [-0.4, -0.2) is 12.5 Å². The number of carbonyl (C=O) groups excluding carboxylic acids is 1. The summed E-state index contributed by atoms with van der Waals surface area (Å²) in [5.74, 6) is 0.924.